The highest BCUT2D eigenvalue weighted by atomic mass is 35.5. The number of rotatable bonds is 4. The van der Waals surface area contributed by atoms with E-state index in [9.17, 15) is 4.79 Å². The number of esters is 1. The van der Waals surface area contributed by atoms with Crippen LogP contribution in [0.15, 0.2) is 66.4 Å². The van der Waals surface area contributed by atoms with Crippen LogP contribution >= 0.6 is 11.6 Å². The Hall–Kier alpha value is -2.70. The minimum atomic E-state index is -0.523. The summed E-state index contributed by atoms with van der Waals surface area (Å²) in [6.07, 6.45) is 1.30. The lowest BCUT2D eigenvalue weighted by Crippen LogP contribution is -2.07. The van der Waals surface area contributed by atoms with Crippen LogP contribution in [0.1, 0.15) is 12.5 Å². The molecule has 0 bridgehead atoms. The lowest BCUT2D eigenvalue weighted by Gasteiger charge is -2.02. The molecule has 0 aliphatic carbocycles. The Balaban J connectivity index is 2.20. The Labute approximate surface area is 140 Å². The molecule has 0 N–H and O–H groups in total. The van der Waals surface area contributed by atoms with Crippen LogP contribution in [0.25, 0.3) is 0 Å². The quantitative estimate of drug-likeness (QED) is 0.365. The Morgan fingerprint density at radius 2 is 1.83 bits per heavy atom. The molecule has 0 radical (unpaired) electrons. The van der Waals surface area contributed by atoms with E-state index in [1.54, 1.807) is 43.3 Å². The molecule has 0 fully saturated rings. The van der Waals surface area contributed by atoms with Gasteiger partial charge < -0.3 is 9.47 Å². The van der Waals surface area contributed by atoms with Crippen molar-refractivity contribution in [3.05, 3.63) is 77.0 Å². The third kappa shape index (κ3) is 5.54. The van der Waals surface area contributed by atoms with Gasteiger partial charge in [-0.3, -0.25) is 0 Å². The van der Waals surface area contributed by atoms with Crippen molar-refractivity contribution >= 4 is 17.6 Å². The van der Waals surface area contributed by atoms with Crippen molar-refractivity contribution in [2.24, 2.45) is 0 Å². The summed E-state index contributed by atoms with van der Waals surface area (Å²) < 4.78 is 10.4. The van der Waals surface area contributed by atoms with E-state index >= 15 is 0 Å². The molecule has 0 atom stereocenters. The van der Waals surface area contributed by atoms with Gasteiger partial charge in [-0.1, -0.05) is 41.6 Å². The van der Waals surface area contributed by atoms with Gasteiger partial charge in [0.15, 0.2) is 0 Å². The third-order valence-electron chi connectivity index (χ3n) is 2.74. The number of carbonyl (C=O) groups excluding carboxylic acids is 1. The standard InChI is InChI=1S/C19H15ClO3/c1-2-22-19(21)16(14-23-18-6-4-3-5-7-18)11-8-15-9-12-17(20)13-10-15/h3-7,9-10,12-14H,2H2,1H3/b16-14+. The van der Waals surface area contributed by atoms with Crippen molar-refractivity contribution in [2.75, 3.05) is 6.61 Å². The molecule has 4 heteroatoms. The Kier molecular flexibility index (Phi) is 6.28. The first-order chi connectivity index (χ1) is 11.2. The second-order valence-corrected chi connectivity index (χ2v) is 4.88. The van der Waals surface area contributed by atoms with Crippen LogP contribution in [0.2, 0.25) is 5.02 Å². The minimum Gasteiger partial charge on any atom is -0.463 e. The Morgan fingerprint density at radius 1 is 1.13 bits per heavy atom. The van der Waals surface area contributed by atoms with Gasteiger partial charge in [-0.15, -0.1) is 0 Å². The maximum atomic E-state index is 11.9. The van der Waals surface area contributed by atoms with Crippen LogP contribution in [0.3, 0.4) is 0 Å². The van der Waals surface area contributed by atoms with E-state index in [1.807, 2.05) is 18.2 Å². The molecule has 2 aromatic rings. The van der Waals surface area contributed by atoms with Gasteiger partial charge in [0.2, 0.25) is 0 Å². The molecule has 0 heterocycles. The van der Waals surface area contributed by atoms with Gasteiger partial charge in [0.25, 0.3) is 0 Å². The maximum absolute atomic E-state index is 11.9. The zero-order chi connectivity index (χ0) is 16.5. The number of carbonyl (C=O) groups is 1. The summed E-state index contributed by atoms with van der Waals surface area (Å²) in [4.78, 5) is 11.9. The molecule has 0 aliphatic heterocycles. The van der Waals surface area contributed by atoms with Gasteiger partial charge in [0.05, 0.1) is 6.61 Å². The second kappa shape index (κ2) is 8.67. The zero-order valence-corrected chi connectivity index (χ0v) is 13.3. The fourth-order valence-corrected chi connectivity index (χ4v) is 1.76. The predicted molar refractivity (Wildman–Crippen MR) is 90.1 cm³/mol. The first-order valence-corrected chi connectivity index (χ1v) is 7.43. The average molecular weight is 327 g/mol. The molecule has 0 aliphatic rings. The van der Waals surface area contributed by atoms with Crippen LogP contribution in [-0.4, -0.2) is 12.6 Å². The topological polar surface area (TPSA) is 35.5 Å². The molecule has 0 amide bonds. The van der Waals surface area contributed by atoms with Crippen molar-refractivity contribution in [3.63, 3.8) is 0 Å². The van der Waals surface area contributed by atoms with E-state index in [0.717, 1.165) is 5.56 Å². The normalized spacial score (nSPS) is 10.4. The fraction of sp³-hybridized carbons (Fsp3) is 0.105. The van der Waals surface area contributed by atoms with E-state index in [4.69, 9.17) is 21.1 Å². The highest BCUT2D eigenvalue weighted by molar-refractivity contribution is 6.30. The summed E-state index contributed by atoms with van der Waals surface area (Å²) in [6, 6.07) is 16.1. The van der Waals surface area contributed by atoms with Gasteiger partial charge in [-0.25, -0.2) is 4.79 Å². The number of halogens is 1. The summed E-state index contributed by atoms with van der Waals surface area (Å²) in [5, 5.41) is 0.629. The first-order valence-electron chi connectivity index (χ1n) is 7.05. The van der Waals surface area contributed by atoms with Crippen molar-refractivity contribution < 1.29 is 14.3 Å². The monoisotopic (exact) mass is 326 g/mol. The number of hydrogen-bond acceptors (Lipinski definition) is 3. The molecular formula is C19H15ClO3. The van der Waals surface area contributed by atoms with Gasteiger partial charge in [-0.05, 0) is 43.3 Å². The molecule has 23 heavy (non-hydrogen) atoms. The summed E-state index contributed by atoms with van der Waals surface area (Å²) in [5.41, 5.74) is 0.884. The van der Waals surface area contributed by atoms with Crippen LogP contribution < -0.4 is 4.74 Å². The molecule has 0 saturated carbocycles. The molecule has 0 aromatic heterocycles. The maximum Gasteiger partial charge on any atom is 0.349 e. The first kappa shape index (κ1) is 16.7. The Bertz CT molecular complexity index is 738. The number of ether oxygens (including phenoxy) is 2. The predicted octanol–water partition coefficient (Wildman–Crippen LogP) is 4.22. The Morgan fingerprint density at radius 3 is 2.48 bits per heavy atom. The van der Waals surface area contributed by atoms with Crippen LogP contribution in [0, 0.1) is 11.8 Å². The minimum absolute atomic E-state index is 0.144. The largest absolute Gasteiger partial charge is 0.463 e. The summed E-state index contributed by atoms with van der Waals surface area (Å²) >= 11 is 5.83. The third-order valence-corrected chi connectivity index (χ3v) is 2.99. The van der Waals surface area contributed by atoms with E-state index in [-0.39, 0.29) is 12.2 Å². The molecular weight excluding hydrogens is 312 g/mol. The van der Waals surface area contributed by atoms with E-state index in [0.29, 0.717) is 10.8 Å². The zero-order valence-electron chi connectivity index (χ0n) is 12.6. The van der Waals surface area contributed by atoms with Crippen LogP contribution in [-0.2, 0) is 9.53 Å². The smallest absolute Gasteiger partial charge is 0.349 e. The van der Waals surface area contributed by atoms with Gasteiger partial charge >= 0.3 is 5.97 Å². The van der Waals surface area contributed by atoms with E-state index < -0.39 is 5.97 Å². The average Bonchev–Trinajstić information content (AvgIpc) is 2.57. The highest BCUT2D eigenvalue weighted by Crippen LogP contribution is 2.11. The fourth-order valence-electron chi connectivity index (χ4n) is 1.64. The number of hydrogen-bond donors (Lipinski definition) is 0. The van der Waals surface area contributed by atoms with Crippen LogP contribution in [0.5, 0.6) is 5.75 Å². The number of para-hydroxylation sites is 1. The highest BCUT2D eigenvalue weighted by Gasteiger charge is 2.08. The van der Waals surface area contributed by atoms with Gasteiger partial charge in [0.1, 0.15) is 17.6 Å². The second-order valence-electron chi connectivity index (χ2n) is 4.44. The van der Waals surface area contributed by atoms with Crippen molar-refractivity contribution in [3.8, 4) is 17.6 Å². The summed E-state index contributed by atoms with van der Waals surface area (Å²) in [6.45, 7) is 2.00. The molecule has 2 rings (SSSR count). The summed E-state index contributed by atoms with van der Waals surface area (Å²) in [7, 11) is 0. The lowest BCUT2D eigenvalue weighted by molar-refractivity contribution is -0.138. The summed E-state index contributed by atoms with van der Waals surface area (Å²) in [5.74, 6) is 5.76. The molecule has 116 valence electrons. The van der Waals surface area contributed by atoms with Crippen LogP contribution in [0.4, 0.5) is 0 Å². The van der Waals surface area contributed by atoms with E-state index in [1.165, 1.54) is 6.26 Å². The van der Waals surface area contributed by atoms with E-state index in [2.05, 4.69) is 11.8 Å². The lowest BCUT2D eigenvalue weighted by atomic mass is 10.2. The molecule has 0 unspecified atom stereocenters. The van der Waals surface area contributed by atoms with Gasteiger partial charge in [0, 0.05) is 10.6 Å². The molecule has 0 saturated heterocycles. The van der Waals surface area contributed by atoms with Crippen molar-refractivity contribution in [1.82, 2.24) is 0 Å². The SMILES string of the molecule is CCOC(=O)/C(C#Cc1ccc(Cl)cc1)=C/Oc1ccccc1. The van der Waals surface area contributed by atoms with Crippen molar-refractivity contribution in [2.45, 2.75) is 6.92 Å². The molecule has 0 spiro atoms. The molecule has 3 nitrogen and oxygen atoms in total. The van der Waals surface area contributed by atoms with Gasteiger partial charge in [-0.2, -0.15) is 0 Å². The number of benzene rings is 2. The van der Waals surface area contributed by atoms with Crippen molar-refractivity contribution in [1.29, 1.82) is 0 Å². The molecule has 2 aromatic carbocycles.